The summed E-state index contributed by atoms with van der Waals surface area (Å²) in [7, 11) is 0. The second-order valence-corrected chi connectivity index (χ2v) is 8.44. The summed E-state index contributed by atoms with van der Waals surface area (Å²) in [4.78, 5) is 38.3. The standard InChI is InChI=1S/C22H24N4O2S/c1-13-18-14(2)23-15(3)24-21(18)29-19(13)20(27)25-17-10-6-5-9-16(17)22(28)26-11-7-4-8-12-26/h5-6,9-10H,4,7-8,11-12H2,1-3H3,(H,25,27). The van der Waals surface area contributed by atoms with Crippen molar-refractivity contribution in [2.45, 2.75) is 40.0 Å². The summed E-state index contributed by atoms with van der Waals surface area (Å²) in [6.07, 6.45) is 3.22. The van der Waals surface area contributed by atoms with Gasteiger partial charge in [-0.1, -0.05) is 12.1 Å². The van der Waals surface area contributed by atoms with E-state index in [1.54, 1.807) is 12.1 Å². The van der Waals surface area contributed by atoms with E-state index in [9.17, 15) is 9.59 Å². The second-order valence-electron chi connectivity index (χ2n) is 7.45. The summed E-state index contributed by atoms with van der Waals surface area (Å²) in [5, 5.41) is 3.89. The lowest BCUT2D eigenvalue weighted by Crippen LogP contribution is -2.36. The highest BCUT2D eigenvalue weighted by molar-refractivity contribution is 7.20. The largest absolute Gasteiger partial charge is 0.339 e. The van der Waals surface area contributed by atoms with Crippen molar-refractivity contribution in [2.75, 3.05) is 18.4 Å². The summed E-state index contributed by atoms with van der Waals surface area (Å²) in [5.41, 5.74) is 2.83. The molecule has 0 atom stereocenters. The van der Waals surface area contributed by atoms with Crippen molar-refractivity contribution < 1.29 is 9.59 Å². The van der Waals surface area contributed by atoms with E-state index in [2.05, 4.69) is 15.3 Å². The molecule has 1 saturated heterocycles. The van der Waals surface area contributed by atoms with E-state index in [1.165, 1.54) is 11.3 Å². The van der Waals surface area contributed by atoms with E-state index in [0.29, 0.717) is 22.0 Å². The zero-order chi connectivity index (χ0) is 20.5. The third-order valence-electron chi connectivity index (χ3n) is 5.34. The molecule has 2 amide bonds. The van der Waals surface area contributed by atoms with E-state index in [4.69, 9.17) is 0 Å². The molecule has 1 fully saturated rings. The van der Waals surface area contributed by atoms with Gasteiger partial charge in [-0.25, -0.2) is 9.97 Å². The molecule has 4 rings (SSSR count). The lowest BCUT2D eigenvalue weighted by atomic mass is 10.1. The number of aryl methyl sites for hydroxylation is 3. The maximum absolute atomic E-state index is 13.1. The molecule has 6 nitrogen and oxygen atoms in total. The van der Waals surface area contributed by atoms with Gasteiger partial charge >= 0.3 is 0 Å². The van der Waals surface area contributed by atoms with Gasteiger partial charge < -0.3 is 10.2 Å². The number of nitrogens with zero attached hydrogens (tertiary/aromatic N) is 3. The van der Waals surface area contributed by atoms with Crippen molar-refractivity contribution in [3.8, 4) is 0 Å². The third kappa shape index (κ3) is 3.74. The number of benzene rings is 1. The Bertz CT molecular complexity index is 1100. The average molecular weight is 409 g/mol. The first-order valence-corrected chi connectivity index (χ1v) is 10.7. The Balaban J connectivity index is 1.64. The van der Waals surface area contributed by atoms with Crippen molar-refractivity contribution in [3.05, 3.63) is 51.8 Å². The Morgan fingerprint density at radius 2 is 1.76 bits per heavy atom. The van der Waals surface area contributed by atoms with Crippen LogP contribution in [0.25, 0.3) is 10.2 Å². The fourth-order valence-corrected chi connectivity index (χ4v) is 5.09. The number of carbonyl (C=O) groups is 2. The molecule has 0 unspecified atom stereocenters. The van der Waals surface area contributed by atoms with E-state index in [0.717, 1.165) is 53.8 Å². The number of piperidine rings is 1. The summed E-state index contributed by atoms with van der Waals surface area (Å²) >= 11 is 1.36. The van der Waals surface area contributed by atoms with Crippen molar-refractivity contribution in [3.63, 3.8) is 0 Å². The molecular formula is C22H24N4O2S. The normalized spacial score (nSPS) is 14.2. The van der Waals surface area contributed by atoms with Crippen LogP contribution in [-0.4, -0.2) is 39.8 Å². The van der Waals surface area contributed by atoms with Gasteiger partial charge in [-0.2, -0.15) is 0 Å². The highest BCUT2D eigenvalue weighted by Gasteiger charge is 2.23. The first-order valence-electron chi connectivity index (χ1n) is 9.89. The van der Waals surface area contributed by atoms with Crippen LogP contribution < -0.4 is 5.32 Å². The number of para-hydroxylation sites is 1. The van der Waals surface area contributed by atoms with Crippen LogP contribution in [0.2, 0.25) is 0 Å². The van der Waals surface area contributed by atoms with E-state index < -0.39 is 0 Å². The molecule has 29 heavy (non-hydrogen) atoms. The Hall–Kier alpha value is -2.80. The SMILES string of the molecule is Cc1nc(C)c2c(C)c(C(=O)Nc3ccccc3C(=O)N3CCCCC3)sc2n1. The van der Waals surface area contributed by atoms with Gasteiger partial charge in [0.05, 0.1) is 16.1 Å². The van der Waals surface area contributed by atoms with Gasteiger partial charge in [0.15, 0.2) is 0 Å². The van der Waals surface area contributed by atoms with Crippen LogP contribution in [0.15, 0.2) is 24.3 Å². The lowest BCUT2D eigenvalue weighted by molar-refractivity contribution is 0.0725. The number of rotatable bonds is 3. The topological polar surface area (TPSA) is 75.2 Å². The van der Waals surface area contributed by atoms with Gasteiger partial charge in [-0.3, -0.25) is 9.59 Å². The van der Waals surface area contributed by atoms with Gasteiger partial charge in [-0.15, -0.1) is 11.3 Å². The zero-order valence-electron chi connectivity index (χ0n) is 16.9. The van der Waals surface area contributed by atoms with Crippen LogP contribution in [0, 0.1) is 20.8 Å². The van der Waals surface area contributed by atoms with Crippen LogP contribution in [-0.2, 0) is 0 Å². The van der Waals surface area contributed by atoms with Gasteiger partial charge in [0.25, 0.3) is 11.8 Å². The summed E-state index contributed by atoms with van der Waals surface area (Å²) < 4.78 is 0. The number of hydrogen-bond acceptors (Lipinski definition) is 5. The number of fused-ring (bicyclic) bond motifs is 1. The maximum atomic E-state index is 13.1. The number of aromatic nitrogens is 2. The van der Waals surface area contributed by atoms with Gasteiger partial charge in [0, 0.05) is 24.2 Å². The Kier molecular flexibility index (Phi) is 5.32. The number of nitrogens with one attached hydrogen (secondary N) is 1. The number of carbonyl (C=O) groups excluding carboxylic acids is 2. The van der Waals surface area contributed by atoms with Crippen LogP contribution in [0.1, 0.15) is 56.4 Å². The van der Waals surface area contributed by atoms with Crippen LogP contribution >= 0.6 is 11.3 Å². The predicted octanol–water partition coefficient (Wildman–Crippen LogP) is 4.49. The molecule has 7 heteroatoms. The minimum Gasteiger partial charge on any atom is -0.339 e. The molecule has 2 aromatic heterocycles. The first kappa shape index (κ1) is 19.5. The molecule has 1 aliphatic heterocycles. The fraction of sp³-hybridized carbons (Fsp3) is 0.364. The van der Waals surface area contributed by atoms with Crippen molar-refractivity contribution in [1.29, 1.82) is 0 Å². The molecule has 0 saturated carbocycles. The average Bonchev–Trinajstić information content (AvgIpc) is 3.05. The molecule has 0 aliphatic carbocycles. The fourth-order valence-electron chi connectivity index (χ4n) is 3.92. The van der Waals surface area contributed by atoms with Crippen LogP contribution in [0.4, 0.5) is 5.69 Å². The molecule has 0 spiro atoms. The third-order valence-corrected chi connectivity index (χ3v) is 6.52. The highest BCUT2D eigenvalue weighted by Crippen LogP contribution is 2.32. The zero-order valence-corrected chi connectivity index (χ0v) is 17.7. The number of thiophene rings is 1. The van der Waals surface area contributed by atoms with Crippen LogP contribution in [0.3, 0.4) is 0 Å². The first-order chi connectivity index (χ1) is 14.0. The van der Waals surface area contributed by atoms with Crippen LogP contribution in [0.5, 0.6) is 0 Å². The van der Waals surface area contributed by atoms with Gasteiger partial charge in [0.1, 0.15) is 10.7 Å². The number of likely N-dealkylation sites (tertiary alicyclic amines) is 1. The van der Waals surface area contributed by atoms with E-state index >= 15 is 0 Å². The number of amides is 2. The monoisotopic (exact) mass is 408 g/mol. The molecule has 1 N–H and O–H groups in total. The van der Waals surface area contributed by atoms with E-state index in [-0.39, 0.29) is 11.8 Å². The van der Waals surface area contributed by atoms with Crippen molar-refractivity contribution in [1.82, 2.24) is 14.9 Å². The molecule has 150 valence electrons. The summed E-state index contributed by atoms with van der Waals surface area (Å²) in [6.45, 7) is 7.25. The molecule has 1 aliphatic rings. The molecular weight excluding hydrogens is 384 g/mol. The molecule has 0 radical (unpaired) electrons. The van der Waals surface area contributed by atoms with Gasteiger partial charge in [0.2, 0.25) is 0 Å². The van der Waals surface area contributed by atoms with Gasteiger partial charge in [-0.05, 0) is 57.7 Å². The lowest BCUT2D eigenvalue weighted by Gasteiger charge is -2.27. The Labute approximate surface area is 174 Å². The molecule has 3 aromatic rings. The summed E-state index contributed by atoms with van der Waals surface area (Å²) in [6, 6.07) is 7.23. The molecule has 3 heterocycles. The second kappa shape index (κ2) is 7.91. The van der Waals surface area contributed by atoms with Crippen molar-refractivity contribution >= 4 is 39.1 Å². The number of anilines is 1. The predicted molar refractivity (Wildman–Crippen MR) is 116 cm³/mol. The maximum Gasteiger partial charge on any atom is 0.266 e. The number of hydrogen-bond donors (Lipinski definition) is 1. The minimum absolute atomic E-state index is 0.0222. The van der Waals surface area contributed by atoms with Crippen molar-refractivity contribution in [2.24, 2.45) is 0 Å². The quantitative estimate of drug-likeness (QED) is 0.693. The Morgan fingerprint density at radius 1 is 1.03 bits per heavy atom. The highest BCUT2D eigenvalue weighted by atomic mass is 32.1. The summed E-state index contributed by atoms with van der Waals surface area (Å²) in [5.74, 6) is 0.452. The Morgan fingerprint density at radius 3 is 2.52 bits per heavy atom. The smallest absolute Gasteiger partial charge is 0.266 e. The minimum atomic E-state index is -0.221. The molecule has 0 bridgehead atoms. The van der Waals surface area contributed by atoms with E-state index in [1.807, 2.05) is 37.8 Å². The molecule has 1 aromatic carbocycles.